The largest absolute Gasteiger partial charge is 0.372 e. The zero-order valence-corrected chi connectivity index (χ0v) is 15.1. The Kier molecular flexibility index (Phi) is 6.30. The molecule has 0 atom stereocenters. The van der Waals surface area contributed by atoms with E-state index >= 15 is 0 Å². The molecule has 2 fully saturated rings. The predicted molar refractivity (Wildman–Crippen MR) is 103 cm³/mol. The lowest BCUT2D eigenvalue weighted by atomic mass is 10.1. The molecule has 3 rings (SSSR count). The van der Waals surface area contributed by atoms with Gasteiger partial charge < -0.3 is 9.80 Å². The van der Waals surface area contributed by atoms with Crippen LogP contribution >= 0.6 is 11.8 Å². The van der Waals surface area contributed by atoms with Gasteiger partial charge in [-0.3, -0.25) is 0 Å². The first-order valence-electron chi connectivity index (χ1n) is 8.97. The van der Waals surface area contributed by atoms with Crippen molar-refractivity contribution in [2.45, 2.75) is 32.6 Å². The lowest BCUT2D eigenvalue weighted by molar-refractivity contribution is 0.310. The Morgan fingerprint density at radius 1 is 1.04 bits per heavy atom. The van der Waals surface area contributed by atoms with Crippen LogP contribution in [0.4, 0.5) is 5.69 Å². The maximum absolute atomic E-state index is 3.38. The number of rotatable bonds is 3. The van der Waals surface area contributed by atoms with Crippen molar-refractivity contribution in [3.05, 3.63) is 29.3 Å². The van der Waals surface area contributed by atoms with Crippen molar-refractivity contribution in [3.8, 4) is 11.8 Å². The molecule has 2 saturated heterocycles. The minimum absolute atomic E-state index is 0.984. The molecule has 1 aromatic rings. The number of piperidine rings is 1. The molecule has 0 bridgehead atoms. The normalized spacial score (nSPS) is 19.3. The molecule has 124 valence electrons. The second kappa shape index (κ2) is 8.66. The maximum atomic E-state index is 3.38. The van der Waals surface area contributed by atoms with Gasteiger partial charge in [0, 0.05) is 61.9 Å². The monoisotopic (exact) mass is 328 g/mol. The minimum Gasteiger partial charge on any atom is -0.372 e. The Labute approximate surface area is 145 Å². The van der Waals surface area contributed by atoms with Gasteiger partial charge in [-0.2, -0.15) is 11.8 Å². The third-order valence-electron chi connectivity index (χ3n) is 4.81. The van der Waals surface area contributed by atoms with E-state index in [1.807, 2.05) is 0 Å². The third-order valence-corrected chi connectivity index (χ3v) is 5.75. The average molecular weight is 329 g/mol. The van der Waals surface area contributed by atoms with Crippen LogP contribution < -0.4 is 4.90 Å². The van der Waals surface area contributed by atoms with Crippen molar-refractivity contribution in [1.82, 2.24) is 4.90 Å². The van der Waals surface area contributed by atoms with Gasteiger partial charge in [-0.05, 0) is 49.9 Å². The number of anilines is 1. The lowest BCUT2D eigenvalue weighted by Gasteiger charge is -2.29. The molecule has 2 aliphatic heterocycles. The first kappa shape index (κ1) is 16.7. The summed E-state index contributed by atoms with van der Waals surface area (Å²) in [5.74, 6) is 9.32. The van der Waals surface area contributed by atoms with Crippen LogP contribution in [-0.4, -0.2) is 49.1 Å². The number of benzene rings is 1. The Balaban J connectivity index is 1.54. The number of hydrogen-bond donors (Lipinski definition) is 0. The van der Waals surface area contributed by atoms with Crippen LogP contribution in [0.2, 0.25) is 0 Å². The second-order valence-corrected chi connectivity index (χ2v) is 7.78. The molecule has 0 aliphatic carbocycles. The average Bonchev–Trinajstić information content (AvgIpc) is 2.61. The molecule has 0 N–H and O–H groups in total. The van der Waals surface area contributed by atoms with Gasteiger partial charge in [0.15, 0.2) is 0 Å². The molecule has 0 radical (unpaired) electrons. The Bertz CT molecular complexity index is 561. The summed E-state index contributed by atoms with van der Waals surface area (Å²) in [6, 6.07) is 6.78. The van der Waals surface area contributed by atoms with E-state index in [4.69, 9.17) is 0 Å². The number of aryl methyl sites for hydroxylation is 1. The smallest absolute Gasteiger partial charge is 0.0369 e. The standard InChI is InChI=1S/C20H28N2S/c1-18-17-20(22-11-4-2-5-12-22)9-8-19(18)7-3-6-10-21-13-15-23-16-14-21/h8-9,17H,2,4-6,10-16H2,1H3. The highest BCUT2D eigenvalue weighted by Crippen LogP contribution is 2.22. The van der Waals surface area contributed by atoms with Crippen LogP contribution in [0, 0.1) is 18.8 Å². The number of nitrogens with zero attached hydrogens (tertiary/aromatic N) is 2. The van der Waals surface area contributed by atoms with Crippen molar-refractivity contribution in [2.24, 2.45) is 0 Å². The zero-order chi connectivity index (χ0) is 15.9. The molecule has 0 spiro atoms. The third kappa shape index (κ3) is 4.93. The molecule has 0 amide bonds. The number of thioether (sulfide) groups is 1. The first-order valence-corrected chi connectivity index (χ1v) is 10.1. The van der Waals surface area contributed by atoms with Gasteiger partial charge in [-0.25, -0.2) is 0 Å². The van der Waals surface area contributed by atoms with Crippen molar-refractivity contribution >= 4 is 17.4 Å². The molecule has 2 heterocycles. The van der Waals surface area contributed by atoms with Crippen LogP contribution in [-0.2, 0) is 0 Å². The van der Waals surface area contributed by atoms with E-state index in [0.29, 0.717) is 0 Å². The zero-order valence-electron chi connectivity index (χ0n) is 14.3. The van der Waals surface area contributed by atoms with Gasteiger partial charge in [0.25, 0.3) is 0 Å². The summed E-state index contributed by atoms with van der Waals surface area (Å²) in [6.07, 6.45) is 5.03. The molecule has 3 heteroatoms. The summed E-state index contributed by atoms with van der Waals surface area (Å²) in [5, 5.41) is 0. The molecular weight excluding hydrogens is 300 g/mol. The van der Waals surface area contributed by atoms with Crippen LogP contribution in [0.15, 0.2) is 18.2 Å². The van der Waals surface area contributed by atoms with Crippen molar-refractivity contribution in [2.75, 3.05) is 49.1 Å². The summed E-state index contributed by atoms with van der Waals surface area (Å²) in [6.45, 7) is 8.20. The minimum atomic E-state index is 0.984. The van der Waals surface area contributed by atoms with Crippen LogP contribution in [0.25, 0.3) is 0 Å². The van der Waals surface area contributed by atoms with Gasteiger partial charge in [-0.15, -0.1) is 0 Å². The van der Waals surface area contributed by atoms with Crippen molar-refractivity contribution < 1.29 is 0 Å². The molecule has 0 unspecified atom stereocenters. The maximum Gasteiger partial charge on any atom is 0.0369 e. The SMILES string of the molecule is Cc1cc(N2CCCCC2)ccc1C#CCCN1CCSCC1. The topological polar surface area (TPSA) is 6.48 Å². The van der Waals surface area contributed by atoms with Crippen molar-refractivity contribution in [1.29, 1.82) is 0 Å². The predicted octanol–water partition coefficient (Wildman–Crippen LogP) is 3.78. The fourth-order valence-corrected chi connectivity index (χ4v) is 4.31. The first-order chi connectivity index (χ1) is 11.3. The fraction of sp³-hybridized carbons (Fsp3) is 0.600. The quantitative estimate of drug-likeness (QED) is 0.780. The van der Waals surface area contributed by atoms with Crippen LogP contribution in [0.5, 0.6) is 0 Å². The molecule has 1 aromatic carbocycles. The molecule has 0 aromatic heterocycles. The summed E-state index contributed by atoms with van der Waals surface area (Å²) >= 11 is 2.07. The highest BCUT2D eigenvalue weighted by Gasteiger charge is 2.11. The Hall–Kier alpha value is -1.11. The second-order valence-electron chi connectivity index (χ2n) is 6.55. The van der Waals surface area contributed by atoms with E-state index in [-0.39, 0.29) is 0 Å². The van der Waals surface area contributed by atoms with Gasteiger partial charge in [0.1, 0.15) is 0 Å². The molecule has 0 saturated carbocycles. The summed E-state index contributed by atoms with van der Waals surface area (Å²) in [5.41, 5.74) is 3.88. The van der Waals surface area contributed by atoms with Gasteiger partial charge in [-0.1, -0.05) is 11.8 Å². The van der Waals surface area contributed by atoms with Crippen LogP contribution in [0.1, 0.15) is 36.8 Å². The van der Waals surface area contributed by atoms with E-state index < -0.39 is 0 Å². The van der Waals surface area contributed by atoms with Gasteiger partial charge in [0.05, 0.1) is 0 Å². The van der Waals surface area contributed by atoms with Crippen LogP contribution in [0.3, 0.4) is 0 Å². The molecule has 23 heavy (non-hydrogen) atoms. The fourth-order valence-electron chi connectivity index (χ4n) is 3.33. The van der Waals surface area contributed by atoms with E-state index in [2.05, 4.69) is 58.5 Å². The van der Waals surface area contributed by atoms with E-state index in [0.717, 1.165) is 13.0 Å². The van der Waals surface area contributed by atoms with Crippen molar-refractivity contribution in [3.63, 3.8) is 0 Å². The highest BCUT2D eigenvalue weighted by molar-refractivity contribution is 7.99. The Morgan fingerprint density at radius 2 is 1.83 bits per heavy atom. The molecule has 2 nitrogen and oxygen atoms in total. The Morgan fingerprint density at radius 3 is 2.57 bits per heavy atom. The summed E-state index contributed by atoms with van der Waals surface area (Å²) in [7, 11) is 0. The van der Waals surface area contributed by atoms with Gasteiger partial charge >= 0.3 is 0 Å². The van der Waals surface area contributed by atoms with E-state index in [1.165, 1.54) is 73.8 Å². The molecule has 2 aliphatic rings. The van der Waals surface area contributed by atoms with Gasteiger partial charge in [0.2, 0.25) is 0 Å². The lowest BCUT2D eigenvalue weighted by Crippen LogP contribution is -2.33. The summed E-state index contributed by atoms with van der Waals surface area (Å²) in [4.78, 5) is 5.06. The summed E-state index contributed by atoms with van der Waals surface area (Å²) < 4.78 is 0. The van der Waals surface area contributed by atoms with E-state index in [1.54, 1.807) is 0 Å². The highest BCUT2D eigenvalue weighted by atomic mass is 32.2. The molecular formula is C20H28N2S. The number of hydrogen-bond acceptors (Lipinski definition) is 3. The van der Waals surface area contributed by atoms with E-state index in [9.17, 15) is 0 Å².